The molecule has 0 bridgehead atoms. The summed E-state index contributed by atoms with van der Waals surface area (Å²) < 4.78 is 10.9. The van der Waals surface area contributed by atoms with E-state index >= 15 is 0 Å². The van der Waals surface area contributed by atoms with E-state index in [0.717, 1.165) is 16.7 Å². The highest BCUT2D eigenvalue weighted by Gasteiger charge is 2.10. The molecule has 0 atom stereocenters. The number of carbonyl (C=O) groups is 2. The van der Waals surface area contributed by atoms with Crippen molar-refractivity contribution in [2.24, 2.45) is 5.73 Å². The first-order chi connectivity index (χ1) is 15.0. The van der Waals surface area contributed by atoms with Crippen molar-refractivity contribution in [2.75, 3.05) is 25.6 Å². The Labute approximate surface area is 180 Å². The van der Waals surface area contributed by atoms with Crippen LogP contribution < -0.4 is 20.5 Å². The molecule has 7 nitrogen and oxygen atoms in total. The van der Waals surface area contributed by atoms with Crippen LogP contribution in [0.15, 0.2) is 66.7 Å². The first-order valence-corrected chi connectivity index (χ1v) is 9.73. The van der Waals surface area contributed by atoms with Gasteiger partial charge in [0.25, 0.3) is 0 Å². The Bertz CT molecular complexity index is 1080. The molecule has 0 saturated heterocycles. The second kappa shape index (κ2) is 10.3. The SMILES string of the molecule is COc1cc(CC(=O)Nc2cccc(-c3cccc(C(=O)O)c3)c2)ccc1OCCN. The fourth-order valence-electron chi connectivity index (χ4n) is 3.11. The van der Waals surface area contributed by atoms with E-state index in [-0.39, 0.29) is 17.9 Å². The van der Waals surface area contributed by atoms with Gasteiger partial charge in [-0.2, -0.15) is 0 Å². The smallest absolute Gasteiger partial charge is 0.335 e. The zero-order chi connectivity index (χ0) is 22.2. The van der Waals surface area contributed by atoms with Crippen LogP contribution in [0.25, 0.3) is 11.1 Å². The van der Waals surface area contributed by atoms with Crippen molar-refractivity contribution in [3.05, 3.63) is 77.9 Å². The molecule has 4 N–H and O–H groups in total. The molecule has 7 heteroatoms. The number of nitrogens with one attached hydrogen (secondary N) is 1. The number of carboxylic acid groups (broad SMARTS) is 1. The number of ether oxygens (including phenoxy) is 2. The minimum atomic E-state index is -0.985. The van der Waals surface area contributed by atoms with Gasteiger partial charge in [-0.3, -0.25) is 4.79 Å². The van der Waals surface area contributed by atoms with Gasteiger partial charge in [0.05, 0.1) is 19.1 Å². The number of hydrogen-bond acceptors (Lipinski definition) is 5. The predicted molar refractivity (Wildman–Crippen MR) is 119 cm³/mol. The lowest BCUT2D eigenvalue weighted by atomic mass is 10.0. The average molecular weight is 420 g/mol. The van der Waals surface area contributed by atoms with Crippen molar-refractivity contribution in [2.45, 2.75) is 6.42 Å². The Morgan fingerprint density at radius 1 is 0.968 bits per heavy atom. The van der Waals surface area contributed by atoms with Crippen molar-refractivity contribution < 1.29 is 24.2 Å². The molecule has 31 heavy (non-hydrogen) atoms. The van der Waals surface area contributed by atoms with Crippen LogP contribution in [-0.2, 0) is 11.2 Å². The van der Waals surface area contributed by atoms with Gasteiger partial charge in [0.1, 0.15) is 6.61 Å². The average Bonchev–Trinajstić information content (AvgIpc) is 2.78. The Kier molecular flexibility index (Phi) is 7.24. The Morgan fingerprint density at radius 3 is 2.42 bits per heavy atom. The topological polar surface area (TPSA) is 111 Å². The third-order valence-electron chi connectivity index (χ3n) is 4.56. The van der Waals surface area contributed by atoms with Crippen LogP contribution in [0.1, 0.15) is 15.9 Å². The Balaban J connectivity index is 1.71. The van der Waals surface area contributed by atoms with Gasteiger partial charge in [-0.15, -0.1) is 0 Å². The molecular weight excluding hydrogens is 396 g/mol. The molecule has 0 fully saturated rings. The molecule has 0 aliphatic heterocycles. The molecule has 3 rings (SSSR count). The normalized spacial score (nSPS) is 10.4. The van der Waals surface area contributed by atoms with Crippen molar-refractivity contribution in [3.8, 4) is 22.6 Å². The van der Waals surface area contributed by atoms with Crippen LogP contribution in [0.5, 0.6) is 11.5 Å². The monoisotopic (exact) mass is 420 g/mol. The fraction of sp³-hybridized carbons (Fsp3) is 0.167. The van der Waals surface area contributed by atoms with Crippen LogP contribution in [-0.4, -0.2) is 37.2 Å². The Hall–Kier alpha value is -3.84. The third-order valence-corrected chi connectivity index (χ3v) is 4.56. The van der Waals surface area contributed by atoms with E-state index in [2.05, 4.69) is 5.32 Å². The number of carboxylic acids is 1. The summed E-state index contributed by atoms with van der Waals surface area (Å²) in [7, 11) is 1.54. The van der Waals surface area contributed by atoms with Crippen LogP contribution >= 0.6 is 0 Å². The summed E-state index contributed by atoms with van der Waals surface area (Å²) in [6.45, 7) is 0.773. The number of rotatable bonds is 9. The van der Waals surface area contributed by atoms with E-state index in [1.807, 2.05) is 30.3 Å². The maximum absolute atomic E-state index is 12.6. The molecule has 0 saturated carbocycles. The number of nitrogens with two attached hydrogens (primary N) is 1. The molecule has 0 heterocycles. The first kappa shape index (κ1) is 21.9. The summed E-state index contributed by atoms with van der Waals surface area (Å²) in [5, 5.41) is 12.1. The molecule has 0 unspecified atom stereocenters. The third kappa shape index (κ3) is 5.83. The zero-order valence-corrected chi connectivity index (χ0v) is 17.1. The van der Waals surface area contributed by atoms with E-state index in [0.29, 0.717) is 30.3 Å². The van der Waals surface area contributed by atoms with Gasteiger partial charge in [0, 0.05) is 12.2 Å². The maximum Gasteiger partial charge on any atom is 0.335 e. The molecule has 0 spiro atoms. The van der Waals surface area contributed by atoms with E-state index in [4.69, 9.17) is 15.2 Å². The number of amides is 1. The molecule has 1 amide bonds. The Morgan fingerprint density at radius 2 is 1.71 bits per heavy atom. The summed E-state index contributed by atoms with van der Waals surface area (Å²) in [5.41, 5.74) is 8.64. The van der Waals surface area contributed by atoms with Gasteiger partial charge in [0.2, 0.25) is 5.91 Å². The predicted octanol–water partition coefficient (Wildman–Crippen LogP) is 3.58. The molecule has 3 aromatic carbocycles. The van der Waals surface area contributed by atoms with E-state index in [1.165, 1.54) is 6.07 Å². The minimum Gasteiger partial charge on any atom is -0.493 e. The fourth-order valence-corrected chi connectivity index (χ4v) is 3.11. The number of methoxy groups -OCH3 is 1. The summed E-state index contributed by atoms with van der Waals surface area (Å²) in [6.07, 6.45) is 0.159. The zero-order valence-electron chi connectivity index (χ0n) is 17.1. The number of benzene rings is 3. The van der Waals surface area contributed by atoms with Gasteiger partial charge in [-0.1, -0.05) is 30.3 Å². The summed E-state index contributed by atoms with van der Waals surface area (Å²) >= 11 is 0. The van der Waals surface area contributed by atoms with Crippen LogP contribution in [0.2, 0.25) is 0 Å². The summed E-state index contributed by atoms with van der Waals surface area (Å²) in [4.78, 5) is 23.8. The minimum absolute atomic E-state index is 0.159. The highest BCUT2D eigenvalue weighted by Crippen LogP contribution is 2.28. The van der Waals surface area contributed by atoms with Gasteiger partial charge in [-0.25, -0.2) is 4.79 Å². The summed E-state index contributed by atoms with van der Waals surface area (Å²) in [6, 6.07) is 19.3. The largest absolute Gasteiger partial charge is 0.493 e. The highest BCUT2D eigenvalue weighted by atomic mass is 16.5. The van der Waals surface area contributed by atoms with Gasteiger partial charge < -0.3 is 25.6 Å². The van der Waals surface area contributed by atoms with E-state index in [1.54, 1.807) is 37.4 Å². The maximum atomic E-state index is 12.6. The lowest BCUT2D eigenvalue weighted by Gasteiger charge is -2.12. The van der Waals surface area contributed by atoms with E-state index < -0.39 is 5.97 Å². The molecule has 0 aromatic heterocycles. The first-order valence-electron chi connectivity index (χ1n) is 9.73. The van der Waals surface area contributed by atoms with Gasteiger partial charge in [0.15, 0.2) is 11.5 Å². The van der Waals surface area contributed by atoms with Crippen LogP contribution in [0, 0.1) is 0 Å². The molecular formula is C24H24N2O5. The summed E-state index contributed by atoms with van der Waals surface area (Å²) in [5.74, 6) is -0.0530. The van der Waals surface area contributed by atoms with Gasteiger partial charge >= 0.3 is 5.97 Å². The second-order valence-corrected chi connectivity index (χ2v) is 6.81. The number of hydrogen-bond donors (Lipinski definition) is 3. The lowest BCUT2D eigenvalue weighted by molar-refractivity contribution is -0.115. The van der Waals surface area contributed by atoms with Crippen molar-refractivity contribution in [1.82, 2.24) is 0 Å². The van der Waals surface area contributed by atoms with Crippen LogP contribution in [0.3, 0.4) is 0 Å². The molecule has 0 aliphatic carbocycles. The molecule has 0 radical (unpaired) electrons. The van der Waals surface area contributed by atoms with Gasteiger partial charge in [-0.05, 0) is 53.1 Å². The number of aromatic carboxylic acids is 1. The van der Waals surface area contributed by atoms with Crippen molar-refractivity contribution >= 4 is 17.6 Å². The second-order valence-electron chi connectivity index (χ2n) is 6.81. The van der Waals surface area contributed by atoms with Crippen molar-refractivity contribution in [3.63, 3.8) is 0 Å². The molecule has 0 aliphatic rings. The molecule has 160 valence electrons. The van der Waals surface area contributed by atoms with Crippen LogP contribution in [0.4, 0.5) is 5.69 Å². The number of carbonyl (C=O) groups excluding carboxylic acids is 1. The highest BCUT2D eigenvalue weighted by molar-refractivity contribution is 5.93. The quantitative estimate of drug-likeness (QED) is 0.488. The number of anilines is 1. The van der Waals surface area contributed by atoms with E-state index in [9.17, 15) is 14.7 Å². The van der Waals surface area contributed by atoms with Crippen molar-refractivity contribution in [1.29, 1.82) is 0 Å². The standard InChI is InChI=1S/C24H24N2O5/c1-30-22-12-16(8-9-21(22)31-11-10-25)13-23(27)26-20-7-3-5-18(15-20)17-4-2-6-19(14-17)24(28)29/h2-9,12,14-15H,10-11,13,25H2,1H3,(H,26,27)(H,28,29). The lowest BCUT2D eigenvalue weighted by Crippen LogP contribution is -2.14. The molecule has 3 aromatic rings.